The van der Waals surface area contributed by atoms with Crippen molar-refractivity contribution in [1.82, 2.24) is 5.32 Å². The molecule has 0 aromatic heterocycles. The Hall–Kier alpha value is -0.540. The van der Waals surface area contributed by atoms with Crippen molar-refractivity contribution < 1.29 is 0 Å². The highest BCUT2D eigenvalue weighted by Crippen LogP contribution is 2.32. The molecular formula is C17H27BrN2. The molecule has 1 aromatic carbocycles. The van der Waals surface area contributed by atoms with Crippen LogP contribution in [0.1, 0.15) is 45.6 Å². The molecule has 1 aromatic rings. The first-order chi connectivity index (χ1) is 9.61. The lowest BCUT2D eigenvalue weighted by Crippen LogP contribution is -2.30. The smallest absolute Gasteiger partial charge is 0.0425 e. The highest BCUT2D eigenvalue weighted by atomic mass is 79.9. The molecular weight excluding hydrogens is 312 g/mol. The molecule has 0 aliphatic carbocycles. The SMILES string of the molecule is CCC1CCCN1c1cc(Br)ccc1CNCC(C)C. The zero-order chi connectivity index (χ0) is 14.5. The Bertz CT molecular complexity index is 431. The van der Waals surface area contributed by atoms with E-state index in [-0.39, 0.29) is 0 Å². The van der Waals surface area contributed by atoms with Crippen molar-refractivity contribution in [2.75, 3.05) is 18.0 Å². The van der Waals surface area contributed by atoms with Gasteiger partial charge in [-0.3, -0.25) is 0 Å². The summed E-state index contributed by atoms with van der Waals surface area (Å²) in [7, 11) is 0. The molecule has 1 aliphatic heterocycles. The summed E-state index contributed by atoms with van der Waals surface area (Å²) < 4.78 is 1.18. The van der Waals surface area contributed by atoms with Crippen LogP contribution in [0.2, 0.25) is 0 Å². The molecule has 1 aliphatic rings. The summed E-state index contributed by atoms with van der Waals surface area (Å²) in [6, 6.07) is 7.43. The van der Waals surface area contributed by atoms with Gasteiger partial charge < -0.3 is 10.2 Å². The average molecular weight is 339 g/mol. The molecule has 1 unspecified atom stereocenters. The van der Waals surface area contributed by atoms with Crippen molar-refractivity contribution in [3.8, 4) is 0 Å². The van der Waals surface area contributed by atoms with Crippen LogP contribution in [0.5, 0.6) is 0 Å². The fourth-order valence-electron chi connectivity index (χ4n) is 3.03. The fraction of sp³-hybridized carbons (Fsp3) is 0.647. The molecule has 3 heteroatoms. The van der Waals surface area contributed by atoms with E-state index in [1.165, 1.54) is 41.5 Å². The van der Waals surface area contributed by atoms with Gasteiger partial charge in [0.05, 0.1) is 0 Å². The van der Waals surface area contributed by atoms with E-state index in [1.807, 2.05) is 0 Å². The topological polar surface area (TPSA) is 15.3 Å². The summed E-state index contributed by atoms with van der Waals surface area (Å²) in [5.74, 6) is 0.698. The quantitative estimate of drug-likeness (QED) is 0.816. The first kappa shape index (κ1) is 15.8. The molecule has 0 saturated carbocycles. The maximum Gasteiger partial charge on any atom is 0.0425 e. The van der Waals surface area contributed by atoms with Crippen molar-refractivity contribution in [3.63, 3.8) is 0 Å². The van der Waals surface area contributed by atoms with Gasteiger partial charge in [-0.1, -0.05) is 42.8 Å². The Kier molecular flexibility index (Phi) is 5.91. The molecule has 2 nitrogen and oxygen atoms in total. The van der Waals surface area contributed by atoms with Gasteiger partial charge in [0.25, 0.3) is 0 Å². The van der Waals surface area contributed by atoms with Crippen molar-refractivity contribution in [2.24, 2.45) is 5.92 Å². The second kappa shape index (κ2) is 7.46. The molecule has 0 amide bonds. The number of rotatable bonds is 6. The lowest BCUT2D eigenvalue weighted by molar-refractivity contribution is 0.551. The highest BCUT2D eigenvalue weighted by Gasteiger charge is 2.24. The fourth-order valence-corrected chi connectivity index (χ4v) is 3.38. The maximum absolute atomic E-state index is 3.63. The number of nitrogens with zero attached hydrogens (tertiary/aromatic N) is 1. The lowest BCUT2D eigenvalue weighted by Gasteiger charge is -2.28. The molecule has 0 bridgehead atoms. The minimum atomic E-state index is 0.698. The average Bonchev–Trinajstić information content (AvgIpc) is 2.88. The monoisotopic (exact) mass is 338 g/mol. The van der Waals surface area contributed by atoms with E-state index in [4.69, 9.17) is 0 Å². The van der Waals surface area contributed by atoms with Crippen LogP contribution in [-0.2, 0) is 6.54 Å². The molecule has 1 saturated heterocycles. The van der Waals surface area contributed by atoms with Crippen LogP contribution in [-0.4, -0.2) is 19.1 Å². The van der Waals surface area contributed by atoms with Crippen molar-refractivity contribution in [2.45, 2.75) is 52.6 Å². The molecule has 2 rings (SSSR count). The zero-order valence-electron chi connectivity index (χ0n) is 13.0. The van der Waals surface area contributed by atoms with Gasteiger partial charge in [-0.05, 0) is 49.4 Å². The van der Waals surface area contributed by atoms with Gasteiger partial charge in [0, 0.05) is 29.3 Å². The van der Waals surface area contributed by atoms with Crippen LogP contribution in [0.4, 0.5) is 5.69 Å². The van der Waals surface area contributed by atoms with Crippen molar-refractivity contribution >= 4 is 21.6 Å². The second-order valence-corrected chi connectivity index (χ2v) is 7.11. The third-order valence-electron chi connectivity index (χ3n) is 4.07. The van der Waals surface area contributed by atoms with Crippen LogP contribution >= 0.6 is 15.9 Å². The molecule has 0 radical (unpaired) electrons. The van der Waals surface area contributed by atoms with Gasteiger partial charge in [0.1, 0.15) is 0 Å². The first-order valence-electron chi connectivity index (χ1n) is 7.87. The molecule has 1 fully saturated rings. The van der Waals surface area contributed by atoms with Crippen LogP contribution in [0.25, 0.3) is 0 Å². The molecule has 0 spiro atoms. The summed E-state index contributed by atoms with van der Waals surface area (Å²) in [6.07, 6.45) is 3.90. The van der Waals surface area contributed by atoms with Gasteiger partial charge in [-0.15, -0.1) is 0 Å². The number of benzene rings is 1. The van der Waals surface area contributed by atoms with Crippen LogP contribution in [0, 0.1) is 5.92 Å². The third kappa shape index (κ3) is 3.98. The van der Waals surface area contributed by atoms with E-state index in [0.29, 0.717) is 12.0 Å². The predicted octanol–water partition coefficient (Wildman–Crippen LogP) is 4.57. The van der Waals surface area contributed by atoms with Gasteiger partial charge >= 0.3 is 0 Å². The van der Waals surface area contributed by atoms with Gasteiger partial charge in [-0.2, -0.15) is 0 Å². The second-order valence-electron chi connectivity index (χ2n) is 6.20. The Morgan fingerprint density at radius 2 is 2.20 bits per heavy atom. The molecule has 20 heavy (non-hydrogen) atoms. The number of hydrogen-bond donors (Lipinski definition) is 1. The predicted molar refractivity (Wildman–Crippen MR) is 91.3 cm³/mol. The summed E-state index contributed by atoms with van der Waals surface area (Å²) in [6.45, 7) is 10.1. The molecule has 112 valence electrons. The summed E-state index contributed by atoms with van der Waals surface area (Å²) in [5, 5.41) is 3.58. The lowest BCUT2D eigenvalue weighted by atomic mass is 10.1. The summed E-state index contributed by atoms with van der Waals surface area (Å²) in [4.78, 5) is 2.61. The number of hydrogen-bond acceptors (Lipinski definition) is 2. The minimum Gasteiger partial charge on any atom is -0.368 e. The van der Waals surface area contributed by atoms with Crippen LogP contribution < -0.4 is 10.2 Å². The minimum absolute atomic E-state index is 0.698. The highest BCUT2D eigenvalue weighted by molar-refractivity contribution is 9.10. The summed E-state index contributed by atoms with van der Waals surface area (Å²) in [5.41, 5.74) is 2.84. The number of anilines is 1. The molecule has 1 N–H and O–H groups in total. The third-order valence-corrected chi connectivity index (χ3v) is 4.57. The van der Waals surface area contributed by atoms with Gasteiger partial charge in [0.2, 0.25) is 0 Å². The van der Waals surface area contributed by atoms with E-state index in [2.05, 4.69) is 65.1 Å². The van der Waals surface area contributed by atoms with Gasteiger partial charge in [-0.25, -0.2) is 0 Å². The standard InChI is InChI=1S/C17H27BrN2/c1-4-16-6-5-9-20(16)17-10-15(18)8-7-14(17)12-19-11-13(2)3/h7-8,10,13,16,19H,4-6,9,11-12H2,1-3H3. The normalized spacial score (nSPS) is 19.1. The number of nitrogens with one attached hydrogen (secondary N) is 1. The van der Waals surface area contributed by atoms with Crippen LogP contribution in [0.3, 0.4) is 0 Å². The van der Waals surface area contributed by atoms with Crippen LogP contribution in [0.15, 0.2) is 22.7 Å². The first-order valence-corrected chi connectivity index (χ1v) is 8.67. The van der Waals surface area contributed by atoms with Crippen molar-refractivity contribution in [3.05, 3.63) is 28.2 Å². The maximum atomic E-state index is 3.63. The Morgan fingerprint density at radius 3 is 2.90 bits per heavy atom. The Morgan fingerprint density at radius 1 is 1.40 bits per heavy atom. The summed E-state index contributed by atoms with van der Waals surface area (Å²) >= 11 is 3.63. The van der Waals surface area contributed by atoms with E-state index >= 15 is 0 Å². The number of halogens is 1. The van der Waals surface area contributed by atoms with Crippen molar-refractivity contribution in [1.29, 1.82) is 0 Å². The van der Waals surface area contributed by atoms with E-state index in [1.54, 1.807) is 0 Å². The van der Waals surface area contributed by atoms with E-state index < -0.39 is 0 Å². The molecule has 1 heterocycles. The van der Waals surface area contributed by atoms with E-state index in [9.17, 15) is 0 Å². The van der Waals surface area contributed by atoms with E-state index in [0.717, 1.165) is 13.1 Å². The Labute approximate surface area is 132 Å². The Balaban J connectivity index is 2.15. The van der Waals surface area contributed by atoms with Gasteiger partial charge in [0.15, 0.2) is 0 Å². The molecule has 1 atom stereocenters. The zero-order valence-corrected chi connectivity index (χ0v) is 14.5. The largest absolute Gasteiger partial charge is 0.368 e.